The molecule has 0 bridgehead atoms. The normalized spacial score (nSPS) is 11.0. The van der Waals surface area contributed by atoms with Gasteiger partial charge in [0.15, 0.2) is 5.82 Å². The second-order valence-electron chi connectivity index (χ2n) is 6.00. The summed E-state index contributed by atoms with van der Waals surface area (Å²) in [6.45, 7) is 0. The van der Waals surface area contributed by atoms with E-state index in [1.54, 1.807) is 7.11 Å². The van der Waals surface area contributed by atoms with Gasteiger partial charge in [0.1, 0.15) is 5.75 Å². The van der Waals surface area contributed by atoms with Crippen LogP contribution < -0.4 is 4.74 Å². The van der Waals surface area contributed by atoms with Crippen molar-refractivity contribution in [2.45, 2.75) is 0 Å². The van der Waals surface area contributed by atoms with Crippen molar-refractivity contribution in [2.24, 2.45) is 4.99 Å². The molecule has 0 saturated carbocycles. The zero-order valence-electron chi connectivity index (χ0n) is 15.0. The number of benzene rings is 3. The Balaban J connectivity index is 1.79. The molecule has 0 radical (unpaired) electrons. The Kier molecular flexibility index (Phi) is 4.79. The van der Waals surface area contributed by atoms with Crippen LogP contribution in [0.25, 0.3) is 16.9 Å². The van der Waals surface area contributed by atoms with E-state index in [0.717, 1.165) is 34.1 Å². The highest BCUT2D eigenvalue weighted by Gasteiger charge is 2.10. The molecule has 132 valence electrons. The zero-order chi connectivity index (χ0) is 18.5. The number of aliphatic imine (C=N–C) groups is 1. The van der Waals surface area contributed by atoms with Crippen molar-refractivity contribution < 1.29 is 4.74 Å². The Morgan fingerprint density at radius 3 is 2.26 bits per heavy atom. The fourth-order valence-electron chi connectivity index (χ4n) is 2.88. The summed E-state index contributed by atoms with van der Waals surface area (Å²) in [7, 11) is 1.66. The number of ether oxygens (including phenoxy) is 1. The predicted molar refractivity (Wildman–Crippen MR) is 109 cm³/mol. The number of nitrogens with zero attached hydrogens (tertiary/aromatic N) is 3. The maximum absolute atomic E-state index is 5.41. The number of hydrogen-bond donors (Lipinski definition) is 0. The van der Waals surface area contributed by atoms with Crippen LogP contribution in [-0.2, 0) is 0 Å². The van der Waals surface area contributed by atoms with Crippen LogP contribution in [0.5, 0.6) is 5.75 Å². The molecule has 0 saturated heterocycles. The van der Waals surface area contributed by atoms with Gasteiger partial charge in [0.2, 0.25) is 0 Å². The predicted octanol–water partition coefficient (Wildman–Crippen LogP) is 5.30. The van der Waals surface area contributed by atoms with Gasteiger partial charge in [-0.3, -0.25) is 0 Å². The summed E-state index contributed by atoms with van der Waals surface area (Å²) >= 11 is 0. The largest absolute Gasteiger partial charge is 0.496 e. The van der Waals surface area contributed by atoms with Crippen LogP contribution in [-0.4, -0.2) is 23.1 Å². The van der Waals surface area contributed by atoms with Crippen LogP contribution in [0.2, 0.25) is 0 Å². The Hall–Kier alpha value is -3.66. The van der Waals surface area contributed by atoms with Crippen LogP contribution in [0.3, 0.4) is 0 Å². The van der Waals surface area contributed by atoms with Crippen LogP contribution in [0, 0.1) is 0 Å². The van der Waals surface area contributed by atoms with Crippen LogP contribution in [0.4, 0.5) is 5.82 Å². The second-order valence-corrected chi connectivity index (χ2v) is 6.00. The minimum absolute atomic E-state index is 0.756. The molecule has 0 aliphatic heterocycles. The third-order valence-electron chi connectivity index (χ3n) is 4.24. The number of methoxy groups -OCH3 is 1. The summed E-state index contributed by atoms with van der Waals surface area (Å²) in [5, 5.41) is 4.78. The van der Waals surface area contributed by atoms with Gasteiger partial charge in [-0.25, -0.2) is 9.67 Å². The zero-order valence-corrected chi connectivity index (χ0v) is 15.0. The minimum Gasteiger partial charge on any atom is -0.496 e. The Morgan fingerprint density at radius 2 is 1.52 bits per heavy atom. The smallest absolute Gasteiger partial charge is 0.156 e. The number of hydrogen-bond acceptors (Lipinski definition) is 3. The average molecular weight is 353 g/mol. The highest BCUT2D eigenvalue weighted by atomic mass is 16.5. The molecule has 0 fully saturated rings. The van der Waals surface area contributed by atoms with E-state index < -0.39 is 0 Å². The van der Waals surface area contributed by atoms with Crippen molar-refractivity contribution in [3.8, 4) is 22.7 Å². The summed E-state index contributed by atoms with van der Waals surface area (Å²) in [5.41, 5.74) is 3.82. The van der Waals surface area contributed by atoms with Crippen molar-refractivity contribution in [3.05, 3.63) is 96.6 Å². The lowest BCUT2D eigenvalue weighted by Crippen LogP contribution is -1.96. The van der Waals surface area contributed by atoms with Crippen molar-refractivity contribution in [2.75, 3.05) is 7.11 Å². The second kappa shape index (κ2) is 7.70. The van der Waals surface area contributed by atoms with E-state index >= 15 is 0 Å². The molecule has 0 spiro atoms. The van der Waals surface area contributed by atoms with E-state index in [0.29, 0.717) is 0 Å². The van der Waals surface area contributed by atoms with Gasteiger partial charge in [-0.15, -0.1) is 0 Å². The lowest BCUT2D eigenvalue weighted by Gasteiger charge is -2.05. The summed E-state index contributed by atoms with van der Waals surface area (Å²) in [6.07, 6.45) is 1.81. The van der Waals surface area contributed by atoms with Gasteiger partial charge in [0.25, 0.3) is 0 Å². The maximum Gasteiger partial charge on any atom is 0.156 e. The highest BCUT2D eigenvalue weighted by Crippen LogP contribution is 2.27. The van der Waals surface area contributed by atoms with Gasteiger partial charge in [-0.1, -0.05) is 60.7 Å². The van der Waals surface area contributed by atoms with E-state index in [4.69, 9.17) is 14.8 Å². The molecular weight excluding hydrogens is 334 g/mol. The van der Waals surface area contributed by atoms with Crippen LogP contribution in [0.15, 0.2) is 96.0 Å². The minimum atomic E-state index is 0.756. The third kappa shape index (κ3) is 3.65. The summed E-state index contributed by atoms with van der Waals surface area (Å²) in [4.78, 5) is 4.70. The lowest BCUT2D eigenvalue weighted by atomic mass is 10.1. The fourth-order valence-corrected chi connectivity index (χ4v) is 2.88. The first-order chi connectivity index (χ1) is 13.3. The Labute approximate surface area is 158 Å². The molecule has 3 aromatic carbocycles. The molecule has 0 aliphatic rings. The van der Waals surface area contributed by atoms with Gasteiger partial charge in [-0.05, 0) is 24.3 Å². The molecule has 4 rings (SSSR count). The molecule has 1 aromatic heterocycles. The molecule has 0 aliphatic carbocycles. The fraction of sp³-hybridized carbons (Fsp3) is 0.0435. The molecule has 1 heterocycles. The Morgan fingerprint density at radius 1 is 0.852 bits per heavy atom. The molecular formula is C23H19N3O. The number of para-hydroxylation sites is 2. The molecule has 0 atom stereocenters. The van der Waals surface area contributed by atoms with E-state index in [1.165, 1.54) is 0 Å². The average Bonchev–Trinajstić information content (AvgIpc) is 3.18. The standard InChI is InChI=1S/C23H19N3O/c1-27-22-15-9-8-12-19(22)17-24-23-16-21(18-10-4-2-5-11-18)25-26(23)20-13-6-3-7-14-20/h2-17H,1H3. The van der Waals surface area contributed by atoms with Gasteiger partial charge >= 0.3 is 0 Å². The maximum atomic E-state index is 5.41. The molecule has 4 nitrogen and oxygen atoms in total. The quantitative estimate of drug-likeness (QED) is 0.457. The van der Waals surface area contributed by atoms with Crippen LogP contribution >= 0.6 is 0 Å². The highest BCUT2D eigenvalue weighted by molar-refractivity contribution is 5.85. The molecule has 0 unspecified atom stereocenters. The van der Waals surface area contributed by atoms with Crippen molar-refractivity contribution in [3.63, 3.8) is 0 Å². The lowest BCUT2D eigenvalue weighted by molar-refractivity contribution is 0.414. The van der Waals surface area contributed by atoms with Gasteiger partial charge < -0.3 is 4.74 Å². The molecule has 0 N–H and O–H groups in total. The van der Waals surface area contributed by atoms with Crippen molar-refractivity contribution in [1.29, 1.82) is 0 Å². The third-order valence-corrected chi connectivity index (χ3v) is 4.24. The van der Waals surface area contributed by atoms with Gasteiger partial charge in [-0.2, -0.15) is 5.10 Å². The van der Waals surface area contributed by atoms with Crippen molar-refractivity contribution >= 4 is 12.0 Å². The molecule has 4 aromatic rings. The van der Waals surface area contributed by atoms with Gasteiger partial charge in [0, 0.05) is 23.4 Å². The van der Waals surface area contributed by atoms with Crippen LogP contribution in [0.1, 0.15) is 5.56 Å². The first-order valence-corrected chi connectivity index (χ1v) is 8.73. The molecule has 0 amide bonds. The number of rotatable bonds is 5. The van der Waals surface area contributed by atoms with E-state index in [-0.39, 0.29) is 0 Å². The molecule has 4 heteroatoms. The van der Waals surface area contributed by atoms with E-state index in [2.05, 4.69) is 0 Å². The van der Waals surface area contributed by atoms with E-state index in [9.17, 15) is 0 Å². The van der Waals surface area contributed by atoms with E-state index in [1.807, 2.05) is 102 Å². The summed E-state index contributed by atoms with van der Waals surface area (Å²) in [5.74, 6) is 1.54. The topological polar surface area (TPSA) is 39.4 Å². The monoisotopic (exact) mass is 353 g/mol. The number of aromatic nitrogens is 2. The molecule has 27 heavy (non-hydrogen) atoms. The Bertz CT molecular complexity index is 1050. The summed E-state index contributed by atoms with van der Waals surface area (Å²) < 4.78 is 7.26. The van der Waals surface area contributed by atoms with Gasteiger partial charge in [0.05, 0.1) is 18.5 Å². The summed E-state index contributed by atoms with van der Waals surface area (Å²) in [6, 6.07) is 29.9. The first kappa shape index (κ1) is 16.8. The van der Waals surface area contributed by atoms with Crippen molar-refractivity contribution in [1.82, 2.24) is 9.78 Å². The SMILES string of the molecule is COc1ccccc1C=Nc1cc(-c2ccccc2)nn1-c1ccccc1. The first-order valence-electron chi connectivity index (χ1n) is 8.73.